The molecule has 3 aromatic rings. The summed E-state index contributed by atoms with van der Waals surface area (Å²) in [6.45, 7) is 2.42. The number of para-hydroxylation sites is 1. The molecule has 1 heterocycles. The number of carbonyl (C=O) groups excluding carboxylic acids is 1. The molecule has 1 N–H and O–H groups in total. The van der Waals surface area contributed by atoms with Gasteiger partial charge in [0.05, 0.1) is 19.9 Å². The van der Waals surface area contributed by atoms with Gasteiger partial charge in [-0.25, -0.2) is 4.68 Å². The third-order valence-corrected chi connectivity index (χ3v) is 4.29. The van der Waals surface area contributed by atoms with E-state index in [9.17, 15) is 4.79 Å². The molecule has 0 spiro atoms. The van der Waals surface area contributed by atoms with Gasteiger partial charge in [-0.05, 0) is 43.2 Å². The first-order chi connectivity index (χ1) is 13.1. The van der Waals surface area contributed by atoms with Crippen LogP contribution in [0.3, 0.4) is 0 Å². The van der Waals surface area contributed by atoms with E-state index in [1.165, 1.54) is 0 Å². The minimum atomic E-state index is -0.199. The third kappa shape index (κ3) is 4.28. The van der Waals surface area contributed by atoms with E-state index in [2.05, 4.69) is 10.4 Å². The Hall–Kier alpha value is -3.28. The molecule has 140 valence electrons. The lowest BCUT2D eigenvalue weighted by Crippen LogP contribution is -2.26. The molecule has 0 radical (unpaired) electrons. The summed E-state index contributed by atoms with van der Waals surface area (Å²) in [6, 6.07) is 17.1. The summed E-state index contributed by atoms with van der Waals surface area (Å²) in [5, 5.41) is 7.36. The van der Waals surface area contributed by atoms with Crippen LogP contribution in [0.4, 0.5) is 0 Å². The second kappa shape index (κ2) is 8.40. The molecule has 0 unspecified atom stereocenters. The summed E-state index contributed by atoms with van der Waals surface area (Å²) in [5.41, 5.74) is 3.16. The van der Waals surface area contributed by atoms with Gasteiger partial charge in [0.1, 0.15) is 11.5 Å². The summed E-state index contributed by atoms with van der Waals surface area (Å²) < 4.78 is 12.3. The molecular formula is C21H23N3O3. The van der Waals surface area contributed by atoms with E-state index >= 15 is 0 Å². The Kier molecular flexibility index (Phi) is 5.76. The Labute approximate surface area is 158 Å². The van der Waals surface area contributed by atoms with Crippen LogP contribution in [0.25, 0.3) is 5.69 Å². The van der Waals surface area contributed by atoms with Gasteiger partial charge >= 0.3 is 0 Å². The van der Waals surface area contributed by atoms with E-state index in [0.717, 1.165) is 28.4 Å². The molecule has 0 aliphatic rings. The standard InChI is InChI=1S/C21H23N3O3/c1-15-13-19(23-24(15)17-8-6-9-18(14-17)26-2)21(25)22-12-11-16-7-4-5-10-20(16)27-3/h4-10,13-14H,11-12H2,1-3H3,(H,22,25). The van der Waals surface area contributed by atoms with Crippen molar-refractivity contribution in [3.8, 4) is 17.2 Å². The van der Waals surface area contributed by atoms with Crippen molar-refractivity contribution in [3.63, 3.8) is 0 Å². The van der Waals surface area contributed by atoms with E-state index in [4.69, 9.17) is 9.47 Å². The van der Waals surface area contributed by atoms with Crippen LogP contribution >= 0.6 is 0 Å². The van der Waals surface area contributed by atoms with Gasteiger partial charge in [0.2, 0.25) is 0 Å². The molecule has 0 bridgehead atoms. The number of carbonyl (C=O) groups is 1. The number of hydrogen-bond acceptors (Lipinski definition) is 4. The van der Waals surface area contributed by atoms with E-state index in [1.54, 1.807) is 25.0 Å². The zero-order valence-corrected chi connectivity index (χ0v) is 15.7. The molecule has 0 saturated carbocycles. The van der Waals surface area contributed by atoms with Gasteiger partial charge in [-0.2, -0.15) is 5.10 Å². The number of nitrogens with zero attached hydrogens (tertiary/aromatic N) is 2. The number of benzene rings is 2. The summed E-state index contributed by atoms with van der Waals surface area (Å²) in [6.07, 6.45) is 0.686. The fourth-order valence-corrected chi connectivity index (χ4v) is 2.90. The fraction of sp³-hybridized carbons (Fsp3) is 0.238. The van der Waals surface area contributed by atoms with Gasteiger partial charge in [0.25, 0.3) is 5.91 Å². The molecule has 2 aromatic carbocycles. The summed E-state index contributed by atoms with van der Waals surface area (Å²) in [5.74, 6) is 1.37. The summed E-state index contributed by atoms with van der Waals surface area (Å²) >= 11 is 0. The number of methoxy groups -OCH3 is 2. The maximum Gasteiger partial charge on any atom is 0.271 e. The van der Waals surface area contributed by atoms with Crippen LogP contribution < -0.4 is 14.8 Å². The van der Waals surface area contributed by atoms with Gasteiger partial charge in [-0.15, -0.1) is 0 Å². The van der Waals surface area contributed by atoms with Gasteiger partial charge in [0.15, 0.2) is 5.69 Å². The predicted molar refractivity (Wildman–Crippen MR) is 104 cm³/mol. The first kappa shape index (κ1) is 18.5. The first-order valence-electron chi connectivity index (χ1n) is 8.73. The lowest BCUT2D eigenvalue weighted by molar-refractivity contribution is 0.0948. The summed E-state index contributed by atoms with van der Waals surface area (Å²) in [7, 11) is 3.26. The Morgan fingerprint density at radius 2 is 1.89 bits per heavy atom. The highest BCUT2D eigenvalue weighted by molar-refractivity contribution is 5.92. The fourth-order valence-electron chi connectivity index (χ4n) is 2.90. The smallest absolute Gasteiger partial charge is 0.271 e. The molecule has 27 heavy (non-hydrogen) atoms. The maximum absolute atomic E-state index is 12.5. The molecule has 0 atom stereocenters. The Bertz CT molecular complexity index is 934. The highest BCUT2D eigenvalue weighted by atomic mass is 16.5. The lowest BCUT2D eigenvalue weighted by Gasteiger charge is -2.08. The highest BCUT2D eigenvalue weighted by Crippen LogP contribution is 2.19. The number of rotatable bonds is 7. The van der Waals surface area contributed by atoms with Gasteiger partial charge < -0.3 is 14.8 Å². The minimum absolute atomic E-state index is 0.199. The first-order valence-corrected chi connectivity index (χ1v) is 8.73. The van der Waals surface area contributed by atoms with E-state index in [-0.39, 0.29) is 5.91 Å². The molecule has 0 aliphatic carbocycles. The SMILES string of the molecule is COc1cccc(-n2nc(C(=O)NCCc3ccccc3OC)cc2C)c1. The monoisotopic (exact) mass is 365 g/mol. The molecule has 0 fully saturated rings. The topological polar surface area (TPSA) is 65.4 Å². The zero-order valence-electron chi connectivity index (χ0n) is 15.7. The Morgan fingerprint density at radius 1 is 1.07 bits per heavy atom. The van der Waals surface area contributed by atoms with Crippen molar-refractivity contribution in [3.05, 3.63) is 71.5 Å². The van der Waals surface area contributed by atoms with Gasteiger partial charge in [-0.1, -0.05) is 24.3 Å². The Morgan fingerprint density at radius 3 is 2.67 bits per heavy atom. The molecule has 1 aromatic heterocycles. The second-order valence-electron chi connectivity index (χ2n) is 6.10. The van der Waals surface area contributed by atoms with Crippen molar-refractivity contribution >= 4 is 5.91 Å². The molecule has 0 saturated heterocycles. The normalized spacial score (nSPS) is 10.5. The lowest BCUT2D eigenvalue weighted by atomic mass is 10.1. The average Bonchev–Trinajstić information content (AvgIpc) is 3.10. The van der Waals surface area contributed by atoms with E-state index < -0.39 is 0 Å². The molecule has 6 nitrogen and oxygen atoms in total. The van der Waals surface area contributed by atoms with Gasteiger partial charge in [0, 0.05) is 18.3 Å². The maximum atomic E-state index is 12.5. The van der Waals surface area contributed by atoms with E-state index in [1.807, 2.05) is 55.5 Å². The number of amides is 1. The summed E-state index contributed by atoms with van der Waals surface area (Å²) in [4.78, 5) is 12.5. The van der Waals surface area contributed by atoms with Gasteiger partial charge in [-0.3, -0.25) is 4.79 Å². The van der Waals surface area contributed by atoms with Crippen LogP contribution in [0, 0.1) is 6.92 Å². The van der Waals surface area contributed by atoms with Crippen molar-refractivity contribution in [2.45, 2.75) is 13.3 Å². The second-order valence-corrected chi connectivity index (χ2v) is 6.10. The van der Waals surface area contributed by atoms with Crippen molar-refractivity contribution in [1.82, 2.24) is 15.1 Å². The van der Waals surface area contributed by atoms with Crippen molar-refractivity contribution in [2.24, 2.45) is 0 Å². The largest absolute Gasteiger partial charge is 0.497 e. The van der Waals surface area contributed by atoms with Crippen molar-refractivity contribution in [2.75, 3.05) is 20.8 Å². The predicted octanol–water partition coefficient (Wildman–Crippen LogP) is 3.17. The van der Waals surface area contributed by atoms with Crippen LogP contribution in [0.1, 0.15) is 21.7 Å². The molecule has 6 heteroatoms. The molecule has 3 rings (SSSR count). The quantitative estimate of drug-likeness (QED) is 0.698. The number of ether oxygens (including phenoxy) is 2. The number of aromatic nitrogens is 2. The van der Waals surface area contributed by atoms with Crippen LogP contribution in [0.15, 0.2) is 54.6 Å². The minimum Gasteiger partial charge on any atom is -0.497 e. The van der Waals surface area contributed by atoms with Crippen LogP contribution in [-0.4, -0.2) is 36.5 Å². The van der Waals surface area contributed by atoms with Crippen LogP contribution in [0.5, 0.6) is 11.5 Å². The van der Waals surface area contributed by atoms with Crippen LogP contribution in [0.2, 0.25) is 0 Å². The number of aryl methyl sites for hydroxylation is 1. The Balaban J connectivity index is 1.67. The third-order valence-electron chi connectivity index (χ3n) is 4.29. The van der Waals surface area contributed by atoms with E-state index in [0.29, 0.717) is 18.7 Å². The molecular weight excluding hydrogens is 342 g/mol. The van der Waals surface area contributed by atoms with Crippen LogP contribution in [-0.2, 0) is 6.42 Å². The van der Waals surface area contributed by atoms with Crippen molar-refractivity contribution < 1.29 is 14.3 Å². The highest BCUT2D eigenvalue weighted by Gasteiger charge is 2.13. The van der Waals surface area contributed by atoms with Crippen molar-refractivity contribution in [1.29, 1.82) is 0 Å². The number of nitrogens with one attached hydrogen (secondary N) is 1. The molecule has 0 aliphatic heterocycles. The average molecular weight is 365 g/mol. The number of hydrogen-bond donors (Lipinski definition) is 1. The zero-order chi connectivity index (χ0) is 19.2. The molecule has 1 amide bonds.